The van der Waals surface area contributed by atoms with Crippen LogP contribution in [0.2, 0.25) is 0 Å². The molecule has 0 fully saturated rings. The highest BCUT2D eigenvalue weighted by atomic mass is 16.5. The number of nitriles is 1. The van der Waals surface area contributed by atoms with E-state index in [0.29, 0.717) is 22.7 Å². The van der Waals surface area contributed by atoms with Crippen molar-refractivity contribution in [2.45, 2.75) is 40.0 Å². The van der Waals surface area contributed by atoms with Crippen molar-refractivity contribution < 1.29 is 14.3 Å². The van der Waals surface area contributed by atoms with Gasteiger partial charge < -0.3 is 10.1 Å². The van der Waals surface area contributed by atoms with Crippen LogP contribution in [0, 0.1) is 22.7 Å². The molecule has 0 spiro atoms. The molecule has 0 saturated carbocycles. The Kier molecular flexibility index (Phi) is 6.15. The standard InChI is InChI=1S/C27H27N3O3/c1-27(2,3)18-10-13-23-21(14-18)25(20-6-4-5-7-22(20)30-23)26(32)33-16-24(31)29-19-11-8-17(15-28)9-12-19/h4-9,11-12,18H,10,13-14,16H2,1-3H3,(H,29,31)/t18-/m1/s1. The molecule has 4 rings (SSSR count). The molecule has 1 amide bonds. The van der Waals surface area contributed by atoms with Crippen LogP contribution < -0.4 is 5.32 Å². The van der Waals surface area contributed by atoms with Crippen molar-refractivity contribution in [2.75, 3.05) is 11.9 Å². The average Bonchev–Trinajstić information content (AvgIpc) is 2.80. The van der Waals surface area contributed by atoms with Crippen molar-refractivity contribution in [3.05, 3.63) is 70.9 Å². The number of hydrogen-bond donors (Lipinski definition) is 1. The molecule has 0 unspecified atom stereocenters. The van der Waals surface area contributed by atoms with E-state index in [0.717, 1.165) is 41.4 Å². The van der Waals surface area contributed by atoms with Gasteiger partial charge in [0.2, 0.25) is 0 Å². The number of esters is 1. The van der Waals surface area contributed by atoms with Crippen LogP contribution in [0.15, 0.2) is 48.5 Å². The molecule has 1 heterocycles. The summed E-state index contributed by atoms with van der Waals surface area (Å²) in [4.78, 5) is 30.5. The lowest BCUT2D eigenvalue weighted by Crippen LogP contribution is -2.29. The predicted molar refractivity (Wildman–Crippen MR) is 127 cm³/mol. The van der Waals surface area contributed by atoms with E-state index in [4.69, 9.17) is 15.0 Å². The van der Waals surface area contributed by atoms with Gasteiger partial charge in [0.25, 0.3) is 5.91 Å². The van der Waals surface area contributed by atoms with Crippen LogP contribution in [0.3, 0.4) is 0 Å². The molecule has 6 nitrogen and oxygen atoms in total. The number of carbonyl (C=O) groups is 2. The Bertz CT molecular complexity index is 1250. The van der Waals surface area contributed by atoms with Crippen LogP contribution in [-0.4, -0.2) is 23.5 Å². The van der Waals surface area contributed by atoms with Gasteiger partial charge in [-0.25, -0.2) is 4.79 Å². The number of carbonyl (C=O) groups excluding carboxylic acids is 2. The van der Waals surface area contributed by atoms with Crippen LogP contribution in [-0.2, 0) is 22.4 Å². The molecule has 1 aliphatic carbocycles. The van der Waals surface area contributed by atoms with Gasteiger partial charge in [0.15, 0.2) is 6.61 Å². The Morgan fingerprint density at radius 1 is 1.15 bits per heavy atom. The third-order valence-corrected chi connectivity index (χ3v) is 6.32. The van der Waals surface area contributed by atoms with Crippen molar-refractivity contribution in [1.82, 2.24) is 4.98 Å². The first-order valence-corrected chi connectivity index (χ1v) is 11.1. The summed E-state index contributed by atoms with van der Waals surface area (Å²) >= 11 is 0. The van der Waals surface area contributed by atoms with Crippen molar-refractivity contribution in [3.63, 3.8) is 0 Å². The molecular weight excluding hydrogens is 414 g/mol. The van der Waals surface area contributed by atoms with Gasteiger partial charge in [-0.3, -0.25) is 9.78 Å². The maximum atomic E-state index is 13.3. The average molecular weight is 442 g/mol. The quantitative estimate of drug-likeness (QED) is 0.572. The van der Waals surface area contributed by atoms with Crippen molar-refractivity contribution in [3.8, 4) is 6.07 Å². The summed E-state index contributed by atoms with van der Waals surface area (Å²) in [5.74, 6) is -0.513. The zero-order valence-corrected chi connectivity index (χ0v) is 19.1. The number of benzene rings is 2. The molecule has 0 aliphatic heterocycles. The summed E-state index contributed by atoms with van der Waals surface area (Å²) in [6, 6.07) is 16.1. The van der Waals surface area contributed by atoms with E-state index in [1.165, 1.54) is 0 Å². The van der Waals surface area contributed by atoms with Crippen molar-refractivity contribution in [1.29, 1.82) is 5.26 Å². The number of nitrogens with one attached hydrogen (secondary N) is 1. The Balaban J connectivity index is 1.57. The van der Waals surface area contributed by atoms with E-state index in [-0.39, 0.29) is 5.41 Å². The minimum absolute atomic E-state index is 0.117. The zero-order valence-electron chi connectivity index (χ0n) is 19.1. The first kappa shape index (κ1) is 22.5. The number of rotatable bonds is 4. The van der Waals surface area contributed by atoms with Crippen molar-refractivity contribution >= 4 is 28.5 Å². The largest absolute Gasteiger partial charge is 0.452 e. The zero-order chi connectivity index (χ0) is 23.6. The lowest BCUT2D eigenvalue weighted by atomic mass is 9.70. The van der Waals surface area contributed by atoms with E-state index in [2.05, 4.69) is 26.1 Å². The Hall–Kier alpha value is -3.72. The van der Waals surface area contributed by atoms with E-state index in [9.17, 15) is 9.59 Å². The summed E-state index contributed by atoms with van der Waals surface area (Å²) < 4.78 is 5.47. The number of hydrogen-bond acceptors (Lipinski definition) is 5. The van der Waals surface area contributed by atoms with Gasteiger partial charge >= 0.3 is 5.97 Å². The van der Waals surface area contributed by atoms with Gasteiger partial charge in [-0.2, -0.15) is 5.26 Å². The second kappa shape index (κ2) is 9.03. The topological polar surface area (TPSA) is 92.1 Å². The molecule has 3 aromatic rings. The molecule has 6 heteroatoms. The number of fused-ring (bicyclic) bond motifs is 2. The number of para-hydroxylation sites is 1. The molecule has 33 heavy (non-hydrogen) atoms. The third kappa shape index (κ3) is 4.88. The fourth-order valence-corrected chi connectivity index (χ4v) is 4.39. The van der Waals surface area contributed by atoms with E-state index < -0.39 is 18.5 Å². The number of aryl methyl sites for hydroxylation is 1. The Morgan fingerprint density at radius 2 is 1.88 bits per heavy atom. The Morgan fingerprint density at radius 3 is 2.58 bits per heavy atom. The molecule has 0 radical (unpaired) electrons. The number of amides is 1. The van der Waals surface area contributed by atoms with Crippen LogP contribution >= 0.6 is 0 Å². The van der Waals surface area contributed by atoms with E-state index in [1.54, 1.807) is 24.3 Å². The maximum absolute atomic E-state index is 13.3. The minimum Gasteiger partial charge on any atom is -0.452 e. The molecule has 0 saturated heterocycles. The monoisotopic (exact) mass is 441 g/mol. The second-order valence-corrected chi connectivity index (χ2v) is 9.55. The molecule has 168 valence electrons. The fourth-order valence-electron chi connectivity index (χ4n) is 4.39. The lowest BCUT2D eigenvalue weighted by molar-refractivity contribution is -0.119. The summed E-state index contributed by atoms with van der Waals surface area (Å²) in [5, 5.41) is 12.3. The number of ether oxygens (including phenoxy) is 1. The van der Waals surface area contributed by atoms with E-state index in [1.807, 2.05) is 30.3 Å². The molecule has 1 atom stereocenters. The van der Waals surface area contributed by atoms with Gasteiger partial charge in [0.1, 0.15) is 0 Å². The normalized spacial score (nSPS) is 15.4. The molecule has 1 N–H and O–H groups in total. The number of anilines is 1. The number of nitrogens with zero attached hydrogens (tertiary/aromatic N) is 2. The highest BCUT2D eigenvalue weighted by Crippen LogP contribution is 2.39. The van der Waals surface area contributed by atoms with Gasteiger partial charge in [-0.05, 0) is 66.5 Å². The van der Waals surface area contributed by atoms with Gasteiger partial charge in [0, 0.05) is 16.8 Å². The first-order chi connectivity index (χ1) is 15.8. The first-order valence-electron chi connectivity index (χ1n) is 11.1. The highest BCUT2D eigenvalue weighted by molar-refractivity contribution is 6.06. The molecular formula is C27H27N3O3. The van der Waals surface area contributed by atoms with Crippen LogP contribution in [0.25, 0.3) is 10.9 Å². The number of pyridine rings is 1. The second-order valence-electron chi connectivity index (χ2n) is 9.55. The van der Waals surface area contributed by atoms with Crippen LogP contribution in [0.5, 0.6) is 0 Å². The molecule has 1 aromatic heterocycles. The summed E-state index contributed by atoms with van der Waals surface area (Å²) in [6.45, 7) is 6.28. The summed E-state index contributed by atoms with van der Waals surface area (Å²) in [6.07, 6.45) is 2.61. The molecule has 0 bridgehead atoms. The maximum Gasteiger partial charge on any atom is 0.339 e. The summed E-state index contributed by atoms with van der Waals surface area (Å²) in [5.41, 5.74) is 4.33. The SMILES string of the molecule is CC(C)(C)[C@@H]1CCc2nc3ccccc3c(C(=O)OCC(=O)Nc3ccc(C#N)cc3)c2C1. The Labute approximate surface area is 193 Å². The molecule has 2 aromatic carbocycles. The fraction of sp³-hybridized carbons (Fsp3) is 0.333. The smallest absolute Gasteiger partial charge is 0.339 e. The summed E-state index contributed by atoms with van der Waals surface area (Å²) in [7, 11) is 0. The van der Waals surface area contributed by atoms with E-state index >= 15 is 0 Å². The van der Waals surface area contributed by atoms with Gasteiger partial charge in [0.05, 0.1) is 22.7 Å². The molecule has 1 aliphatic rings. The predicted octanol–water partition coefficient (Wildman–Crippen LogP) is 5.05. The van der Waals surface area contributed by atoms with Crippen LogP contribution in [0.4, 0.5) is 5.69 Å². The van der Waals surface area contributed by atoms with Gasteiger partial charge in [-0.1, -0.05) is 39.0 Å². The van der Waals surface area contributed by atoms with Crippen molar-refractivity contribution in [2.24, 2.45) is 11.3 Å². The van der Waals surface area contributed by atoms with Gasteiger partial charge in [-0.15, -0.1) is 0 Å². The minimum atomic E-state index is -0.505. The number of aromatic nitrogens is 1. The highest BCUT2D eigenvalue weighted by Gasteiger charge is 2.33. The van der Waals surface area contributed by atoms with Crippen LogP contribution in [0.1, 0.15) is 54.4 Å². The lowest BCUT2D eigenvalue weighted by Gasteiger charge is -2.35. The third-order valence-electron chi connectivity index (χ3n) is 6.32.